The molecule has 1 aromatic carbocycles. The Labute approximate surface area is 119 Å². The minimum absolute atomic E-state index is 0. The molecule has 0 aliphatic carbocycles. The van der Waals surface area contributed by atoms with Crippen molar-refractivity contribution in [1.82, 2.24) is 0 Å². The van der Waals surface area contributed by atoms with Crippen molar-refractivity contribution in [1.29, 1.82) is 0 Å². The van der Waals surface area contributed by atoms with Crippen molar-refractivity contribution in [3.8, 4) is 0 Å². The Morgan fingerprint density at radius 3 is 2.44 bits per heavy atom. The van der Waals surface area contributed by atoms with E-state index in [1.807, 2.05) is 0 Å². The molecule has 5 heteroatoms. The highest BCUT2D eigenvalue weighted by Crippen LogP contribution is 2.24. The van der Waals surface area contributed by atoms with Crippen molar-refractivity contribution in [3.05, 3.63) is 34.6 Å². The molecular formula is C13H20Cl2FNO. The molecule has 18 heavy (non-hydrogen) atoms. The predicted octanol–water partition coefficient (Wildman–Crippen LogP) is 3.70. The zero-order chi connectivity index (χ0) is 13.0. The maximum Gasteiger partial charge on any atom is 0.129 e. The van der Waals surface area contributed by atoms with Crippen LogP contribution in [0.15, 0.2) is 18.2 Å². The van der Waals surface area contributed by atoms with Crippen molar-refractivity contribution in [3.63, 3.8) is 0 Å². The number of benzene rings is 1. The average molecular weight is 296 g/mol. The molecule has 0 saturated heterocycles. The van der Waals surface area contributed by atoms with Crippen LogP contribution >= 0.6 is 24.0 Å². The topological polar surface area (TPSA) is 46.2 Å². The highest BCUT2D eigenvalue weighted by atomic mass is 35.5. The third kappa shape index (κ3) is 5.11. The summed E-state index contributed by atoms with van der Waals surface area (Å²) in [7, 11) is 0. The Hall–Kier alpha value is -0.350. The molecule has 0 aliphatic heterocycles. The number of aliphatic hydroxyl groups excluding tert-OH is 1. The maximum atomic E-state index is 13.6. The average Bonchev–Trinajstić information content (AvgIpc) is 2.25. The molecule has 0 aliphatic rings. The molecule has 1 rings (SSSR count). The van der Waals surface area contributed by atoms with Crippen molar-refractivity contribution >= 4 is 24.0 Å². The molecule has 1 aromatic rings. The van der Waals surface area contributed by atoms with E-state index in [-0.39, 0.29) is 12.4 Å². The van der Waals surface area contributed by atoms with Crippen molar-refractivity contribution in [2.24, 2.45) is 11.7 Å². The van der Waals surface area contributed by atoms with Gasteiger partial charge in [-0.15, -0.1) is 12.4 Å². The normalized spacial score (nSPS) is 14.2. The molecule has 0 fully saturated rings. The number of hydrogen-bond acceptors (Lipinski definition) is 2. The quantitative estimate of drug-likeness (QED) is 0.870. The van der Waals surface area contributed by atoms with Crippen LogP contribution in [0, 0.1) is 11.7 Å². The first-order valence-corrected chi connectivity index (χ1v) is 6.18. The highest BCUT2D eigenvalue weighted by Gasteiger charge is 2.20. The predicted molar refractivity (Wildman–Crippen MR) is 75.7 cm³/mol. The second kappa shape index (κ2) is 7.95. The van der Waals surface area contributed by atoms with Gasteiger partial charge in [0.25, 0.3) is 0 Å². The van der Waals surface area contributed by atoms with Crippen LogP contribution in [0.2, 0.25) is 5.02 Å². The Kier molecular flexibility index (Phi) is 7.79. The van der Waals surface area contributed by atoms with Gasteiger partial charge in [-0.1, -0.05) is 31.5 Å². The van der Waals surface area contributed by atoms with E-state index in [1.54, 1.807) is 6.07 Å². The molecule has 2 nitrogen and oxygen atoms in total. The number of aliphatic hydroxyl groups is 1. The number of halogens is 3. The van der Waals surface area contributed by atoms with E-state index < -0.39 is 18.0 Å². The third-order valence-corrected chi connectivity index (χ3v) is 3.01. The molecule has 104 valence electrons. The first-order chi connectivity index (χ1) is 7.91. The summed E-state index contributed by atoms with van der Waals surface area (Å²) in [5, 5.41) is 10.2. The summed E-state index contributed by atoms with van der Waals surface area (Å²) in [5.41, 5.74) is 6.15. The maximum absolute atomic E-state index is 13.6. The number of rotatable bonds is 5. The summed E-state index contributed by atoms with van der Waals surface area (Å²) >= 11 is 5.66. The van der Waals surface area contributed by atoms with Crippen molar-refractivity contribution in [2.75, 3.05) is 0 Å². The van der Waals surface area contributed by atoms with Crippen LogP contribution in [0.25, 0.3) is 0 Å². The molecule has 0 bridgehead atoms. The van der Waals surface area contributed by atoms with Gasteiger partial charge in [-0.2, -0.15) is 0 Å². The fourth-order valence-electron chi connectivity index (χ4n) is 1.66. The van der Waals surface area contributed by atoms with Gasteiger partial charge in [0, 0.05) is 10.6 Å². The lowest BCUT2D eigenvalue weighted by atomic mass is 9.96. The van der Waals surface area contributed by atoms with E-state index in [9.17, 15) is 9.50 Å². The van der Waals surface area contributed by atoms with E-state index in [2.05, 4.69) is 13.8 Å². The van der Waals surface area contributed by atoms with Gasteiger partial charge in [-0.05, 0) is 30.9 Å². The fraction of sp³-hybridized carbons (Fsp3) is 0.538. The molecule has 0 aromatic heterocycles. The minimum atomic E-state index is -0.729. The molecule has 3 N–H and O–H groups in total. The van der Waals surface area contributed by atoms with Crippen LogP contribution in [-0.2, 0) is 0 Å². The van der Waals surface area contributed by atoms with Gasteiger partial charge in [0.1, 0.15) is 5.82 Å². The van der Waals surface area contributed by atoms with E-state index >= 15 is 0 Å². The molecule has 2 atom stereocenters. The van der Waals surface area contributed by atoms with Gasteiger partial charge in [0.2, 0.25) is 0 Å². The van der Waals surface area contributed by atoms with Crippen LogP contribution < -0.4 is 5.73 Å². The van der Waals surface area contributed by atoms with E-state index in [0.717, 1.165) is 6.42 Å². The zero-order valence-corrected chi connectivity index (χ0v) is 12.1. The van der Waals surface area contributed by atoms with Crippen molar-refractivity contribution < 1.29 is 9.50 Å². The largest absolute Gasteiger partial charge is 0.391 e. The Bertz CT molecular complexity index is 374. The van der Waals surface area contributed by atoms with Crippen molar-refractivity contribution in [2.45, 2.75) is 38.8 Å². The monoisotopic (exact) mass is 295 g/mol. The van der Waals surface area contributed by atoms with E-state index in [0.29, 0.717) is 22.9 Å². The standard InChI is InChI=1S/C13H19ClFNO.ClH/c1-8(2)3-6-12(17)13(16)10-5-4-9(14)7-11(10)15;/h4-5,7-8,12-13,17H,3,6,16H2,1-2H3;1H/t12-,13+;/m1./s1. The smallest absolute Gasteiger partial charge is 0.129 e. The number of nitrogens with two attached hydrogens (primary N) is 1. The third-order valence-electron chi connectivity index (χ3n) is 2.78. The van der Waals surface area contributed by atoms with Crippen LogP contribution in [0.1, 0.15) is 38.3 Å². The molecule has 0 unspecified atom stereocenters. The van der Waals surface area contributed by atoms with Gasteiger partial charge >= 0.3 is 0 Å². The lowest BCUT2D eigenvalue weighted by molar-refractivity contribution is 0.127. The van der Waals surface area contributed by atoms with E-state index in [1.165, 1.54) is 12.1 Å². The lowest BCUT2D eigenvalue weighted by Crippen LogP contribution is -2.27. The van der Waals surface area contributed by atoms with Crippen LogP contribution in [0.4, 0.5) is 4.39 Å². The Balaban J connectivity index is 0.00000289. The number of hydrogen-bond donors (Lipinski definition) is 2. The molecule has 0 radical (unpaired) electrons. The van der Waals surface area contributed by atoms with Gasteiger partial charge in [0.05, 0.1) is 12.1 Å². The summed E-state index contributed by atoms with van der Waals surface area (Å²) in [6.07, 6.45) is 0.707. The van der Waals surface area contributed by atoms with Gasteiger partial charge in [0.15, 0.2) is 0 Å². The van der Waals surface area contributed by atoms with Gasteiger partial charge < -0.3 is 10.8 Å². The second-order valence-electron chi connectivity index (χ2n) is 4.73. The summed E-state index contributed by atoms with van der Waals surface area (Å²) in [6.45, 7) is 4.14. The van der Waals surface area contributed by atoms with Gasteiger partial charge in [-0.25, -0.2) is 4.39 Å². The Morgan fingerprint density at radius 1 is 1.33 bits per heavy atom. The van der Waals surface area contributed by atoms with E-state index in [4.69, 9.17) is 17.3 Å². The second-order valence-corrected chi connectivity index (χ2v) is 5.17. The molecule has 0 spiro atoms. The van der Waals surface area contributed by atoms with Crippen LogP contribution in [0.3, 0.4) is 0 Å². The summed E-state index contributed by atoms with van der Waals surface area (Å²) < 4.78 is 13.6. The molecular weight excluding hydrogens is 276 g/mol. The van der Waals surface area contributed by atoms with Crippen LogP contribution in [0.5, 0.6) is 0 Å². The lowest BCUT2D eigenvalue weighted by Gasteiger charge is -2.20. The molecule has 0 amide bonds. The zero-order valence-electron chi connectivity index (χ0n) is 10.6. The summed E-state index contributed by atoms with van der Waals surface area (Å²) in [6, 6.07) is 3.62. The summed E-state index contributed by atoms with van der Waals surface area (Å²) in [4.78, 5) is 0. The SMILES string of the molecule is CC(C)CC[C@@H](O)[C@@H](N)c1ccc(Cl)cc1F.Cl. The molecule has 0 saturated carbocycles. The fourth-order valence-corrected chi connectivity index (χ4v) is 1.82. The first kappa shape index (κ1) is 17.6. The molecule has 0 heterocycles. The Morgan fingerprint density at radius 2 is 1.94 bits per heavy atom. The minimum Gasteiger partial charge on any atom is -0.391 e. The summed E-state index contributed by atoms with van der Waals surface area (Å²) in [5.74, 6) is 0.0283. The van der Waals surface area contributed by atoms with Gasteiger partial charge in [-0.3, -0.25) is 0 Å². The first-order valence-electron chi connectivity index (χ1n) is 5.80. The van der Waals surface area contributed by atoms with Crippen LogP contribution in [-0.4, -0.2) is 11.2 Å². The highest BCUT2D eigenvalue weighted by molar-refractivity contribution is 6.30.